The number of nitrogens with zero attached hydrogens (tertiary/aromatic N) is 1. The molecule has 0 atom stereocenters. The normalized spacial score (nSPS) is 9.80. The van der Waals surface area contributed by atoms with Crippen LogP contribution in [0.15, 0.2) is 48.5 Å². The molecule has 0 aromatic heterocycles. The van der Waals surface area contributed by atoms with Gasteiger partial charge in [-0.15, -0.1) is 0 Å². The molecular weight excluding hydrogens is 248 g/mol. The van der Waals surface area contributed by atoms with E-state index in [9.17, 15) is 4.79 Å². The van der Waals surface area contributed by atoms with Gasteiger partial charge in [0.25, 0.3) is 5.91 Å². The third kappa shape index (κ3) is 3.24. The number of amides is 1. The van der Waals surface area contributed by atoms with Gasteiger partial charge in [-0.2, -0.15) is 5.26 Å². The Hall–Kier alpha value is -2.60. The van der Waals surface area contributed by atoms with Crippen molar-refractivity contribution in [3.8, 4) is 17.2 Å². The Balaban J connectivity index is 2.29. The van der Waals surface area contributed by atoms with Crippen LogP contribution in [-0.4, -0.2) is 12.5 Å². The van der Waals surface area contributed by atoms with Gasteiger partial charge in [0.2, 0.25) is 0 Å². The van der Waals surface area contributed by atoms with Gasteiger partial charge in [0, 0.05) is 12.1 Å². The molecule has 0 spiro atoms. The molecular formula is C17H16N2O. The first kappa shape index (κ1) is 13.8. The average Bonchev–Trinajstić information content (AvgIpc) is 2.48. The van der Waals surface area contributed by atoms with Crippen LogP contribution < -0.4 is 5.32 Å². The number of carbonyl (C=O) groups excluding carboxylic acids is 1. The number of aryl methyl sites for hydroxylation is 1. The lowest BCUT2D eigenvalue weighted by Crippen LogP contribution is -2.24. The Morgan fingerprint density at radius 2 is 1.85 bits per heavy atom. The van der Waals surface area contributed by atoms with E-state index < -0.39 is 0 Å². The average molecular weight is 264 g/mol. The molecule has 0 heterocycles. The highest BCUT2D eigenvalue weighted by Crippen LogP contribution is 2.23. The number of nitrogens with one attached hydrogen (secondary N) is 1. The highest BCUT2D eigenvalue weighted by atomic mass is 16.1. The fourth-order valence-corrected chi connectivity index (χ4v) is 1.99. The molecule has 1 N–H and O–H groups in total. The third-order valence-corrected chi connectivity index (χ3v) is 3.06. The first-order valence-electron chi connectivity index (χ1n) is 6.53. The molecule has 0 aliphatic rings. The molecule has 0 aliphatic carbocycles. The monoisotopic (exact) mass is 264 g/mol. The molecule has 0 fully saturated rings. The van der Waals surface area contributed by atoms with Crippen molar-refractivity contribution in [2.75, 3.05) is 6.54 Å². The molecule has 0 saturated heterocycles. The summed E-state index contributed by atoms with van der Waals surface area (Å²) in [5.74, 6) is -0.142. The standard InChI is InChI=1S/C17H16N2O/c1-13-7-9-14(10-8-13)15-5-2-3-6-16(15)17(20)19-12-4-11-18/h2-3,5-10H,4,12H2,1H3,(H,19,20). The quantitative estimate of drug-likeness (QED) is 0.861. The maximum Gasteiger partial charge on any atom is 0.251 e. The fraction of sp³-hybridized carbons (Fsp3) is 0.176. The lowest BCUT2D eigenvalue weighted by Gasteiger charge is -2.10. The Morgan fingerprint density at radius 1 is 1.15 bits per heavy atom. The highest BCUT2D eigenvalue weighted by molar-refractivity contribution is 6.00. The van der Waals surface area contributed by atoms with Crippen LogP contribution in [-0.2, 0) is 0 Å². The van der Waals surface area contributed by atoms with Gasteiger partial charge >= 0.3 is 0 Å². The summed E-state index contributed by atoms with van der Waals surface area (Å²) in [5.41, 5.74) is 3.74. The maximum atomic E-state index is 12.2. The topological polar surface area (TPSA) is 52.9 Å². The van der Waals surface area contributed by atoms with E-state index in [1.165, 1.54) is 5.56 Å². The van der Waals surface area contributed by atoms with Crippen molar-refractivity contribution in [3.05, 3.63) is 59.7 Å². The number of nitriles is 1. The van der Waals surface area contributed by atoms with Gasteiger partial charge in [0.15, 0.2) is 0 Å². The number of hydrogen-bond acceptors (Lipinski definition) is 2. The minimum absolute atomic E-state index is 0.142. The van der Waals surface area contributed by atoms with Gasteiger partial charge < -0.3 is 5.32 Å². The molecule has 0 saturated carbocycles. The van der Waals surface area contributed by atoms with Crippen LogP contribution in [0.2, 0.25) is 0 Å². The van der Waals surface area contributed by atoms with Crippen molar-refractivity contribution in [2.45, 2.75) is 13.3 Å². The number of hydrogen-bond donors (Lipinski definition) is 1. The van der Waals surface area contributed by atoms with Crippen LogP contribution in [0.5, 0.6) is 0 Å². The first-order valence-corrected chi connectivity index (χ1v) is 6.53. The Bertz CT molecular complexity index is 639. The van der Waals surface area contributed by atoms with Gasteiger partial charge in [-0.05, 0) is 24.1 Å². The Kier molecular flexibility index (Phi) is 4.52. The van der Waals surface area contributed by atoms with Crippen molar-refractivity contribution in [3.63, 3.8) is 0 Å². The van der Waals surface area contributed by atoms with E-state index in [4.69, 9.17) is 5.26 Å². The van der Waals surface area contributed by atoms with Crippen molar-refractivity contribution in [1.29, 1.82) is 5.26 Å². The van der Waals surface area contributed by atoms with Gasteiger partial charge in [0.1, 0.15) is 0 Å². The van der Waals surface area contributed by atoms with Crippen molar-refractivity contribution in [2.24, 2.45) is 0 Å². The summed E-state index contributed by atoms with van der Waals surface area (Å²) in [6, 6.07) is 17.6. The minimum atomic E-state index is -0.142. The van der Waals surface area contributed by atoms with E-state index in [-0.39, 0.29) is 5.91 Å². The summed E-state index contributed by atoms with van der Waals surface area (Å²) in [6.45, 7) is 2.40. The van der Waals surface area contributed by atoms with E-state index in [0.717, 1.165) is 11.1 Å². The second-order valence-electron chi connectivity index (χ2n) is 4.58. The predicted octanol–water partition coefficient (Wildman–Crippen LogP) is 3.31. The van der Waals surface area contributed by atoms with Crippen LogP contribution in [0.4, 0.5) is 0 Å². The molecule has 0 radical (unpaired) electrons. The molecule has 2 rings (SSSR count). The van der Waals surface area contributed by atoms with E-state index in [2.05, 4.69) is 5.32 Å². The molecule has 0 bridgehead atoms. The van der Waals surface area contributed by atoms with Crippen molar-refractivity contribution in [1.82, 2.24) is 5.32 Å². The molecule has 2 aromatic carbocycles. The zero-order valence-electron chi connectivity index (χ0n) is 11.4. The van der Waals surface area contributed by atoms with Crippen LogP contribution >= 0.6 is 0 Å². The molecule has 100 valence electrons. The second-order valence-corrected chi connectivity index (χ2v) is 4.58. The zero-order valence-corrected chi connectivity index (χ0v) is 11.4. The smallest absolute Gasteiger partial charge is 0.251 e. The summed E-state index contributed by atoms with van der Waals surface area (Å²) >= 11 is 0. The molecule has 2 aromatic rings. The zero-order chi connectivity index (χ0) is 14.4. The van der Waals surface area contributed by atoms with Gasteiger partial charge in [-0.3, -0.25) is 4.79 Å². The van der Waals surface area contributed by atoms with Crippen molar-refractivity contribution < 1.29 is 4.79 Å². The van der Waals surface area contributed by atoms with Gasteiger partial charge in [-0.1, -0.05) is 48.0 Å². The fourth-order valence-electron chi connectivity index (χ4n) is 1.99. The first-order chi connectivity index (χ1) is 9.72. The largest absolute Gasteiger partial charge is 0.351 e. The van der Waals surface area contributed by atoms with E-state index in [0.29, 0.717) is 18.5 Å². The summed E-state index contributed by atoms with van der Waals surface area (Å²) in [4.78, 5) is 12.2. The SMILES string of the molecule is Cc1ccc(-c2ccccc2C(=O)NCCC#N)cc1. The van der Waals surface area contributed by atoms with Crippen LogP contribution in [0.3, 0.4) is 0 Å². The molecule has 1 amide bonds. The summed E-state index contributed by atoms with van der Waals surface area (Å²) in [7, 11) is 0. The summed E-state index contributed by atoms with van der Waals surface area (Å²) < 4.78 is 0. The van der Waals surface area contributed by atoms with Crippen LogP contribution in [0.25, 0.3) is 11.1 Å². The Labute approximate surface area is 118 Å². The number of benzene rings is 2. The van der Waals surface area contributed by atoms with Gasteiger partial charge in [0.05, 0.1) is 12.5 Å². The Morgan fingerprint density at radius 3 is 2.55 bits per heavy atom. The lowest BCUT2D eigenvalue weighted by atomic mass is 9.98. The maximum absolute atomic E-state index is 12.2. The molecule has 3 nitrogen and oxygen atoms in total. The minimum Gasteiger partial charge on any atom is -0.351 e. The van der Waals surface area contributed by atoms with Crippen LogP contribution in [0.1, 0.15) is 22.3 Å². The predicted molar refractivity (Wildman–Crippen MR) is 79.2 cm³/mol. The summed E-state index contributed by atoms with van der Waals surface area (Å²) in [5, 5.41) is 11.3. The molecule has 3 heteroatoms. The molecule has 0 unspecified atom stereocenters. The van der Waals surface area contributed by atoms with Crippen molar-refractivity contribution >= 4 is 5.91 Å². The highest BCUT2D eigenvalue weighted by Gasteiger charge is 2.11. The second kappa shape index (κ2) is 6.53. The van der Waals surface area contributed by atoms with E-state index >= 15 is 0 Å². The summed E-state index contributed by atoms with van der Waals surface area (Å²) in [6.07, 6.45) is 0.318. The van der Waals surface area contributed by atoms with Gasteiger partial charge in [-0.25, -0.2) is 0 Å². The lowest BCUT2D eigenvalue weighted by molar-refractivity contribution is 0.0955. The van der Waals surface area contributed by atoms with E-state index in [1.807, 2.05) is 55.5 Å². The van der Waals surface area contributed by atoms with Crippen LogP contribution in [0, 0.1) is 18.3 Å². The third-order valence-electron chi connectivity index (χ3n) is 3.06. The number of rotatable bonds is 4. The molecule has 0 aliphatic heterocycles. The number of carbonyl (C=O) groups is 1. The molecule has 20 heavy (non-hydrogen) atoms. The van der Waals surface area contributed by atoms with E-state index in [1.54, 1.807) is 6.07 Å².